The van der Waals surface area contributed by atoms with Gasteiger partial charge in [-0.05, 0) is 24.3 Å². The number of hydrogen-bond donors (Lipinski definition) is 2. The molecule has 14 heteroatoms. The van der Waals surface area contributed by atoms with Gasteiger partial charge in [-0.2, -0.15) is 18.2 Å². The van der Waals surface area contributed by atoms with Crippen molar-refractivity contribution in [3.63, 3.8) is 0 Å². The van der Waals surface area contributed by atoms with Gasteiger partial charge < -0.3 is 15.4 Å². The number of ether oxygens (including phenoxy) is 1. The predicted molar refractivity (Wildman–Crippen MR) is 129 cm³/mol. The summed E-state index contributed by atoms with van der Waals surface area (Å²) < 4.78 is 71.2. The van der Waals surface area contributed by atoms with Crippen molar-refractivity contribution in [2.75, 3.05) is 41.4 Å². The summed E-state index contributed by atoms with van der Waals surface area (Å²) in [5.41, 5.74) is 0.525. The maximum atomic E-state index is 13.7. The van der Waals surface area contributed by atoms with E-state index in [0.29, 0.717) is 42.1 Å². The van der Waals surface area contributed by atoms with E-state index in [4.69, 9.17) is 4.74 Å². The summed E-state index contributed by atoms with van der Waals surface area (Å²) >= 11 is 0. The summed E-state index contributed by atoms with van der Waals surface area (Å²) in [6, 6.07) is 10.1. The smallest absolute Gasteiger partial charge is 0.421 e. The summed E-state index contributed by atoms with van der Waals surface area (Å²) in [6.45, 7) is 0.876. The van der Waals surface area contributed by atoms with Crippen molar-refractivity contribution in [2.24, 2.45) is 4.99 Å². The SMILES string of the molecule is CN(c1ncccc1CNc1nc(Nc2cccc(C3=NCCO3)c2)ncc1C(F)(F)F)S(C)(=O)=O. The van der Waals surface area contributed by atoms with E-state index in [-0.39, 0.29) is 18.3 Å². The molecule has 3 aromatic rings. The van der Waals surface area contributed by atoms with Gasteiger partial charge in [0.25, 0.3) is 0 Å². The van der Waals surface area contributed by atoms with E-state index in [0.717, 1.165) is 10.6 Å². The van der Waals surface area contributed by atoms with Crippen LogP contribution in [-0.4, -0.2) is 55.7 Å². The molecule has 10 nitrogen and oxygen atoms in total. The number of sulfonamides is 1. The molecule has 0 saturated carbocycles. The van der Waals surface area contributed by atoms with Crippen LogP contribution < -0.4 is 14.9 Å². The van der Waals surface area contributed by atoms with Gasteiger partial charge in [-0.3, -0.25) is 4.31 Å². The molecule has 0 saturated heterocycles. The van der Waals surface area contributed by atoms with E-state index in [1.54, 1.807) is 36.4 Å². The van der Waals surface area contributed by atoms with Gasteiger partial charge in [-0.15, -0.1) is 0 Å². The van der Waals surface area contributed by atoms with Crippen LogP contribution in [0.15, 0.2) is 53.8 Å². The largest absolute Gasteiger partial charge is 0.476 e. The molecule has 4 rings (SSSR count). The maximum absolute atomic E-state index is 13.7. The van der Waals surface area contributed by atoms with Crippen LogP contribution in [0.25, 0.3) is 0 Å². The van der Waals surface area contributed by atoms with Crippen LogP contribution in [0.1, 0.15) is 16.7 Å². The highest BCUT2D eigenvalue weighted by atomic mass is 32.2. The second-order valence-electron chi connectivity index (χ2n) is 7.76. The van der Waals surface area contributed by atoms with Crippen LogP contribution in [0.3, 0.4) is 0 Å². The van der Waals surface area contributed by atoms with Crippen LogP contribution in [0.2, 0.25) is 0 Å². The van der Waals surface area contributed by atoms with Crippen molar-refractivity contribution in [2.45, 2.75) is 12.7 Å². The molecule has 0 amide bonds. The summed E-state index contributed by atoms with van der Waals surface area (Å²) in [4.78, 5) is 16.2. The third-order valence-electron chi connectivity index (χ3n) is 5.15. The minimum absolute atomic E-state index is 0.0726. The molecule has 0 radical (unpaired) electrons. The Morgan fingerprint density at radius 1 is 1.17 bits per heavy atom. The molecule has 190 valence electrons. The minimum atomic E-state index is -4.72. The van der Waals surface area contributed by atoms with E-state index in [1.807, 2.05) is 0 Å². The molecule has 0 unspecified atom stereocenters. The molecule has 1 aliphatic heterocycles. The first-order valence-corrected chi connectivity index (χ1v) is 12.5. The van der Waals surface area contributed by atoms with Gasteiger partial charge in [0.2, 0.25) is 21.9 Å². The second-order valence-corrected chi connectivity index (χ2v) is 9.78. The first-order valence-electron chi connectivity index (χ1n) is 10.6. The highest BCUT2D eigenvalue weighted by Crippen LogP contribution is 2.34. The van der Waals surface area contributed by atoms with Crippen molar-refractivity contribution >= 4 is 39.2 Å². The molecule has 1 aliphatic rings. The van der Waals surface area contributed by atoms with Gasteiger partial charge in [0.1, 0.15) is 23.8 Å². The summed E-state index contributed by atoms with van der Waals surface area (Å²) in [5, 5.41) is 5.55. The monoisotopic (exact) mass is 521 g/mol. The number of halogens is 3. The van der Waals surface area contributed by atoms with Crippen molar-refractivity contribution < 1.29 is 26.3 Å². The van der Waals surface area contributed by atoms with E-state index in [1.165, 1.54) is 13.2 Å². The number of aromatic nitrogens is 3. The average molecular weight is 522 g/mol. The molecule has 1 aromatic carbocycles. The van der Waals surface area contributed by atoms with Crippen LogP contribution in [-0.2, 0) is 27.5 Å². The Morgan fingerprint density at radius 3 is 2.67 bits per heavy atom. The van der Waals surface area contributed by atoms with Crippen LogP contribution in [0.4, 0.5) is 36.4 Å². The van der Waals surface area contributed by atoms with Gasteiger partial charge in [-0.1, -0.05) is 12.1 Å². The molecule has 2 aromatic heterocycles. The Hall–Kier alpha value is -3.94. The summed E-state index contributed by atoms with van der Waals surface area (Å²) in [5.74, 6) is 0.0241. The number of alkyl halides is 3. The van der Waals surface area contributed by atoms with Gasteiger partial charge in [0.15, 0.2) is 0 Å². The number of anilines is 4. The van der Waals surface area contributed by atoms with E-state index in [2.05, 4.69) is 30.6 Å². The van der Waals surface area contributed by atoms with E-state index in [9.17, 15) is 21.6 Å². The molecule has 2 N–H and O–H groups in total. The van der Waals surface area contributed by atoms with Gasteiger partial charge in [-0.25, -0.2) is 23.4 Å². The van der Waals surface area contributed by atoms with Crippen molar-refractivity contribution in [3.05, 3.63) is 65.5 Å². The standard InChI is InChI=1S/C22H22F3N7O3S/c1-32(36(2,33)34)19-15(6-4-8-26-19)12-28-18-17(22(23,24)25)13-29-21(31-18)30-16-7-3-5-14(11-16)20-27-9-10-35-20/h3-8,11,13H,9-10,12H2,1-2H3,(H2,28,29,30,31). The first kappa shape index (κ1) is 25.2. The number of aliphatic imine (C=N–C) groups is 1. The zero-order chi connectivity index (χ0) is 25.9. The number of hydrogen-bond acceptors (Lipinski definition) is 9. The molecule has 0 spiro atoms. The lowest BCUT2D eigenvalue weighted by atomic mass is 10.2. The van der Waals surface area contributed by atoms with Crippen LogP contribution in [0, 0.1) is 0 Å². The highest BCUT2D eigenvalue weighted by molar-refractivity contribution is 7.92. The first-order chi connectivity index (χ1) is 17.0. The number of rotatable bonds is 8. The van der Waals surface area contributed by atoms with Gasteiger partial charge in [0.05, 0.1) is 12.8 Å². The normalized spacial score (nSPS) is 13.6. The third kappa shape index (κ3) is 5.82. The quantitative estimate of drug-likeness (QED) is 0.463. The Bertz CT molecular complexity index is 1400. The molecule has 0 aliphatic carbocycles. The van der Waals surface area contributed by atoms with Crippen molar-refractivity contribution in [1.82, 2.24) is 15.0 Å². The van der Waals surface area contributed by atoms with Crippen LogP contribution in [0.5, 0.6) is 0 Å². The minimum Gasteiger partial charge on any atom is -0.476 e. The topological polar surface area (TPSA) is 122 Å². The lowest BCUT2D eigenvalue weighted by Gasteiger charge is -2.20. The van der Waals surface area contributed by atoms with Gasteiger partial charge >= 0.3 is 6.18 Å². The number of nitrogens with zero attached hydrogens (tertiary/aromatic N) is 5. The third-order valence-corrected chi connectivity index (χ3v) is 6.32. The number of benzene rings is 1. The fourth-order valence-corrected chi connectivity index (χ4v) is 3.82. The molecular weight excluding hydrogens is 499 g/mol. The molecule has 36 heavy (non-hydrogen) atoms. The highest BCUT2D eigenvalue weighted by Gasteiger charge is 2.35. The van der Waals surface area contributed by atoms with Gasteiger partial charge in [0, 0.05) is 42.8 Å². The Morgan fingerprint density at radius 2 is 1.97 bits per heavy atom. The molecule has 0 fully saturated rings. The van der Waals surface area contributed by atoms with Crippen molar-refractivity contribution in [1.29, 1.82) is 0 Å². The van der Waals surface area contributed by atoms with E-state index < -0.39 is 27.6 Å². The summed E-state index contributed by atoms with van der Waals surface area (Å²) in [6.07, 6.45) is -1.65. The molecule has 3 heterocycles. The lowest BCUT2D eigenvalue weighted by Crippen LogP contribution is -2.27. The predicted octanol–water partition coefficient (Wildman–Crippen LogP) is 3.42. The van der Waals surface area contributed by atoms with Crippen LogP contribution >= 0.6 is 0 Å². The zero-order valence-corrected chi connectivity index (χ0v) is 20.1. The average Bonchev–Trinajstić information content (AvgIpc) is 3.37. The fraction of sp³-hybridized carbons (Fsp3) is 0.273. The zero-order valence-electron chi connectivity index (χ0n) is 19.2. The summed E-state index contributed by atoms with van der Waals surface area (Å²) in [7, 11) is -2.32. The lowest BCUT2D eigenvalue weighted by molar-refractivity contribution is -0.137. The Kier molecular flexibility index (Phi) is 6.97. The van der Waals surface area contributed by atoms with E-state index >= 15 is 0 Å². The number of nitrogens with one attached hydrogen (secondary N) is 2. The van der Waals surface area contributed by atoms with Crippen molar-refractivity contribution in [3.8, 4) is 0 Å². The molecule has 0 bridgehead atoms. The maximum Gasteiger partial charge on any atom is 0.421 e. The molecule has 0 atom stereocenters. The fourth-order valence-electron chi connectivity index (χ4n) is 3.34. The molecular formula is C22H22F3N7O3S. The Labute approximate surface area is 205 Å². The Balaban J connectivity index is 1.60. The number of pyridine rings is 1. The second kappa shape index (κ2) is 9.97.